The van der Waals surface area contributed by atoms with E-state index in [1.165, 1.54) is 17.2 Å². The predicted molar refractivity (Wildman–Crippen MR) is 43.0 cm³/mol. The minimum Gasteiger partial charge on any atom is -0.305 e. The van der Waals surface area contributed by atoms with Crippen molar-refractivity contribution in [3.05, 3.63) is 12.2 Å². The van der Waals surface area contributed by atoms with Gasteiger partial charge in [0.1, 0.15) is 0 Å². The van der Waals surface area contributed by atoms with Gasteiger partial charge in [-0.25, -0.2) is 0 Å². The summed E-state index contributed by atoms with van der Waals surface area (Å²) in [5.74, 6) is -1.05. The molecule has 0 fully saturated rings. The fourth-order valence-electron chi connectivity index (χ4n) is 0.741. The summed E-state index contributed by atoms with van der Waals surface area (Å²) < 4.78 is 0. The van der Waals surface area contributed by atoms with Crippen LogP contribution in [0.5, 0.6) is 0 Å². The molecule has 0 saturated heterocycles. The van der Waals surface area contributed by atoms with Crippen molar-refractivity contribution in [3.63, 3.8) is 0 Å². The Morgan fingerprint density at radius 2 is 2.36 bits per heavy atom. The van der Waals surface area contributed by atoms with Crippen molar-refractivity contribution in [2.75, 3.05) is 7.05 Å². The molecule has 60 valence electrons. The fourth-order valence-corrected chi connectivity index (χ4v) is 0.741. The second-order valence-electron chi connectivity index (χ2n) is 2.63. The molecular weight excluding hydrogens is 142 g/mol. The average Bonchev–Trinajstić information content (AvgIpc) is 2.03. The molecule has 1 atom stereocenters. The van der Waals surface area contributed by atoms with E-state index in [-0.39, 0.29) is 5.91 Å². The van der Waals surface area contributed by atoms with Gasteiger partial charge in [-0.3, -0.25) is 15.5 Å². The van der Waals surface area contributed by atoms with E-state index < -0.39 is 5.79 Å². The number of likely N-dealkylation sites (N-methyl/N-ethyl adjacent to an activating group) is 1. The summed E-state index contributed by atoms with van der Waals surface area (Å²) in [5, 5.41) is 0. The van der Waals surface area contributed by atoms with E-state index in [0.717, 1.165) is 0 Å². The van der Waals surface area contributed by atoms with E-state index in [9.17, 15) is 4.79 Å². The van der Waals surface area contributed by atoms with Crippen LogP contribution in [-0.4, -0.2) is 29.9 Å². The van der Waals surface area contributed by atoms with Gasteiger partial charge in [0, 0.05) is 19.3 Å². The maximum Gasteiger partial charge on any atom is 0.249 e. The number of hydrogen-bond donors (Lipinski definition) is 1. The minimum atomic E-state index is -0.916. The molecule has 4 heteroatoms. The Labute approximate surface area is 65.4 Å². The molecule has 0 spiro atoms. The van der Waals surface area contributed by atoms with Gasteiger partial charge in [0.2, 0.25) is 5.91 Å². The van der Waals surface area contributed by atoms with Crippen LogP contribution in [-0.2, 0) is 4.79 Å². The topological polar surface area (TPSA) is 58.7 Å². The second kappa shape index (κ2) is 2.47. The lowest BCUT2D eigenvalue weighted by molar-refractivity contribution is -0.129. The van der Waals surface area contributed by atoms with E-state index in [4.69, 9.17) is 5.73 Å². The van der Waals surface area contributed by atoms with Gasteiger partial charge in [-0.1, -0.05) is 0 Å². The van der Waals surface area contributed by atoms with Crippen molar-refractivity contribution in [2.45, 2.75) is 12.7 Å². The number of aliphatic imine (C=N–C) groups is 1. The first-order chi connectivity index (χ1) is 5.04. The summed E-state index contributed by atoms with van der Waals surface area (Å²) in [6.45, 7) is 1.68. The maximum absolute atomic E-state index is 11.1. The summed E-state index contributed by atoms with van der Waals surface area (Å²) in [4.78, 5) is 16.4. The summed E-state index contributed by atoms with van der Waals surface area (Å²) in [7, 11) is 1.62. The van der Waals surface area contributed by atoms with Crippen molar-refractivity contribution >= 4 is 12.1 Å². The smallest absolute Gasteiger partial charge is 0.249 e. The molecule has 0 saturated carbocycles. The zero-order chi connectivity index (χ0) is 8.48. The molecule has 1 unspecified atom stereocenters. The standard InChI is InChI=1S/C7H11N3O/c1-7(8)9-5-3-4-6(11)10(7)2/h3-5H,8H2,1-2H3. The van der Waals surface area contributed by atoms with Crippen molar-refractivity contribution in [1.82, 2.24) is 4.90 Å². The molecule has 1 heterocycles. The van der Waals surface area contributed by atoms with Crippen LogP contribution in [0.2, 0.25) is 0 Å². The summed E-state index contributed by atoms with van der Waals surface area (Å²) in [6, 6.07) is 0. The highest BCUT2D eigenvalue weighted by Crippen LogP contribution is 2.09. The van der Waals surface area contributed by atoms with Crippen LogP contribution in [0.3, 0.4) is 0 Å². The van der Waals surface area contributed by atoms with Crippen LogP contribution < -0.4 is 5.73 Å². The zero-order valence-electron chi connectivity index (χ0n) is 6.61. The summed E-state index contributed by atoms with van der Waals surface area (Å²) >= 11 is 0. The Bertz CT molecular complexity index is 230. The molecule has 0 radical (unpaired) electrons. The minimum absolute atomic E-state index is 0.132. The highest BCUT2D eigenvalue weighted by molar-refractivity contribution is 5.93. The SMILES string of the molecule is CN1C(=O)C=CC=NC1(C)N. The van der Waals surface area contributed by atoms with Crippen LogP contribution >= 0.6 is 0 Å². The molecule has 0 aromatic heterocycles. The van der Waals surface area contributed by atoms with Crippen LogP contribution in [0, 0.1) is 0 Å². The fraction of sp³-hybridized carbons (Fsp3) is 0.429. The Morgan fingerprint density at radius 1 is 1.73 bits per heavy atom. The third-order valence-electron chi connectivity index (χ3n) is 1.67. The highest BCUT2D eigenvalue weighted by Gasteiger charge is 2.26. The lowest BCUT2D eigenvalue weighted by Crippen LogP contribution is -2.51. The number of nitrogens with two attached hydrogens (primary N) is 1. The third-order valence-corrected chi connectivity index (χ3v) is 1.67. The quantitative estimate of drug-likeness (QED) is 0.520. The zero-order valence-corrected chi connectivity index (χ0v) is 6.61. The van der Waals surface area contributed by atoms with Crippen molar-refractivity contribution in [2.24, 2.45) is 10.7 Å². The lowest BCUT2D eigenvalue weighted by Gasteiger charge is -2.29. The molecule has 1 aliphatic rings. The Morgan fingerprint density at radius 3 is 3.00 bits per heavy atom. The van der Waals surface area contributed by atoms with Crippen LogP contribution in [0.1, 0.15) is 6.92 Å². The molecule has 11 heavy (non-hydrogen) atoms. The molecule has 1 rings (SSSR count). The lowest BCUT2D eigenvalue weighted by atomic mass is 10.3. The highest BCUT2D eigenvalue weighted by atomic mass is 16.2. The Kier molecular flexibility index (Phi) is 1.78. The van der Waals surface area contributed by atoms with Gasteiger partial charge in [-0.15, -0.1) is 0 Å². The van der Waals surface area contributed by atoms with E-state index in [2.05, 4.69) is 4.99 Å². The van der Waals surface area contributed by atoms with Crippen LogP contribution in [0.15, 0.2) is 17.1 Å². The average molecular weight is 153 g/mol. The molecule has 0 aliphatic carbocycles. The van der Waals surface area contributed by atoms with Crippen LogP contribution in [0.4, 0.5) is 0 Å². The number of carbonyl (C=O) groups is 1. The van der Waals surface area contributed by atoms with Crippen LogP contribution in [0.25, 0.3) is 0 Å². The number of amides is 1. The summed E-state index contributed by atoms with van der Waals surface area (Å²) in [6.07, 6.45) is 4.54. The molecule has 2 N–H and O–H groups in total. The monoisotopic (exact) mass is 153 g/mol. The van der Waals surface area contributed by atoms with Crippen molar-refractivity contribution in [3.8, 4) is 0 Å². The number of nitrogens with zero attached hydrogens (tertiary/aromatic N) is 2. The first-order valence-corrected chi connectivity index (χ1v) is 3.32. The number of carbonyl (C=O) groups excluding carboxylic acids is 1. The Hall–Kier alpha value is -1.16. The van der Waals surface area contributed by atoms with E-state index in [1.807, 2.05) is 0 Å². The van der Waals surface area contributed by atoms with Gasteiger partial charge >= 0.3 is 0 Å². The third kappa shape index (κ3) is 1.46. The van der Waals surface area contributed by atoms with Gasteiger partial charge in [0.05, 0.1) is 0 Å². The van der Waals surface area contributed by atoms with Crippen molar-refractivity contribution < 1.29 is 4.79 Å². The molecule has 1 amide bonds. The molecule has 1 aliphatic heterocycles. The number of allylic oxidation sites excluding steroid dienone is 1. The van der Waals surface area contributed by atoms with Gasteiger partial charge in [0.25, 0.3) is 0 Å². The predicted octanol–water partition coefficient (Wildman–Crippen LogP) is -0.282. The van der Waals surface area contributed by atoms with Gasteiger partial charge < -0.3 is 4.90 Å². The van der Waals surface area contributed by atoms with Gasteiger partial charge in [-0.2, -0.15) is 0 Å². The van der Waals surface area contributed by atoms with Gasteiger partial charge in [0.15, 0.2) is 5.79 Å². The molecular formula is C7H11N3O. The van der Waals surface area contributed by atoms with E-state index in [1.54, 1.807) is 20.0 Å². The number of hydrogen-bond acceptors (Lipinski definition) is 3. The van der Waals surface area contributed by atoms with E-state index in [0.29, 0.717) is 0 Å². The largest absolute Gasteiger partial charge is 0.305 e. The molecule has 0 aromatic rings. The molecule has 0 aromatic carbocycles. The first-order valence-electron chi connectivity index (χ1n) is 3.32. The first kappa shape index (κ1) is 7.94. The molecule has 0 bridgehead atoms. The Balaban J connectivity index is 2.95. The van der Waals surface area contributed by atoms with Crippen molar-refractivity contribution in [1.29, 1.82) is 0 Å². The normalized spacial score (nSPS) is 30.8. The number of rotatable bonds is 0. The second-order valence-corrected chi connectivity index (χ2v) is 2.63. The van der Waals surface area contributed by atoms with Gasteiger partial charge in [-0.05, 0) is 13.0 Å². The maximum atomic E-state index is 11.1. The molecule has 4 nitrogen and oxygen atoms in total. The van der Waals surface area contributed by atoms with E-state index >= 15 is 0 Å². The summed E-state index contributed by atoms with van der Waals surface area (Å²) in [5.41, 5.74) is 5.68.